The van der Waals surface area contributed by atoms with Gasteiger partial charge in [0.2, 0.25) is 0 Å². The average molecular weight is 303 g/mol. The van der Waals surface area contributed by atoms with Crippen LogP contribution in [0.1, 0.15) is 31.5 Å². The molecule has 4 rings (SSSR count). The number of imidazole rings is 1. The fourth-order valence-electron chi connectivity index (χ4n) is 3.63. The molecule has 22 heavy (non-hydrogen) atoms. The summed E-state index contributed by atoms with van der Waals surface area (Å²) in [7, 11) is 0. The molecular weight excluding hydrogens is 278 g/mol. The second-order valence-corrected chi connectivity index (χ2v) is 6.97. The minimum absolute atomic E-state index is 0.0883. The molecular formula is C16H25N5O. The smallest absolute Gasteiger partial charge is 0.318 e. The molecule has 1 aromatic heterocycles. The maximum atomic E-state index is 12.5. The highest BCUT2D eigenvalue weighted by molar-refractivity contribution is 5.74. The highest BCUT2D eigenvalue weighted by Crippen LogP contribution is 2.22. The standard InChI is InChI=1S/C16H25N5O/c22-16(18-14-3-4-14)21-11-13(9-19-6-1-2-7-19)10-20-8-5-17-15(20)12-21/h5,8,13-14H,1-4,6-7,9-12H2,(H,18,22). The number of urea groups is 1. The van der Waals surface area contributed by atoms with Gasteiger partial charge in [0.05, 0.1) is 6.54 Å². The fraction of sp³-hybridized carbons (Fsp3) is 0.750. The first kappa shape index (κ1) is 14.1. The van der Waals surface area contributed by atoms with Gasteiger partial charge in [-0.1, -0.05) is 0 Å². The third kappa shape index (κ3) is 3.11. The van der Waals surface area contributed by atoms with Crippen LogP contribution in [0.25, 0.3) is 0 Å². The van der Waals surface area contributed by atoms with E-state index in [-0.39, 0.29) is 6.03 Å². The van der Waals surface area contributed by atoms with E-state index in [1.165, 1.54) is 25.9 Å². The van der Waals surface area contributed by atoms with Crippen LogP contribution in [0, 0.1) is 5.92 Å². The van der Waals surface area contributed by atoms with Crippen molar-refractivity contribution in [3.63, 3.8) is 0 Å². The van der Waals surface area contributed by atoms with E-state index in [4.69, 9.17) is 0 Å². The Kier molecular flexibility index (Phi) is 3.78. The molecule has 1 aromatic rings. The number of hydrogen-bond acceptors (Lipinski definition) is 3. The summed E-state index contributed by atoms with van der Waals surface area (Å²) in [6, 6.07) is 0.498. The molecule has 120 valence electrons. The maximum Gasteiger partial charge on any atom is 0.318 e. The third-order valence-electron chi connectivity index (χ3n) is 4.97. The normalized spacial score (nSPS) is 25.8. The molecule has 2 amide bonds. The Morgan fingerprint density at radius 2 is 2.09 bits per heavy atom. The lowest BCUT2D eigenvalue weighted by atomic mass is 10.1. The summed E-state index contributed by atoms with van der Waals surface area (Å²) in [4.78, 5) is 21.4. The van der Waals surface area contributed by atoms with E-state index < -0.39 is 0 Å². The van der Waals surface area contributed by atoms with Gasteiger partial charge in [-0.15, -0.1) is 0 Å². The summed E-state index contributed by atoms with van der Waals surface area (Å²) in [5.41, 5.74) is 0. The summed E-state index contributed by atoms with van der Waals surface area (Å²) in [5, 5.41) is 3.12. The van der Waals surface area contributed by atoms with Crippen LogP contribution in [0.3, 0.4) is 0 Å². The van der Waals surface area contributed by atoms with E-state index >= 15 is 0 Å². The average Bonchev–Trinajstić information content (AvgIpc) is 3.03. The number of carbonyl (C=O) groups excluding carboxylic acids is 1. The zero-order valence-corrected chi connectivity index (χ0v) is 13.1. The Morgan fingerprint density at radius 3 is 2.86 bits per heavy atom. The lowest BCUT2D eigenvalue weighted by Crippen LogP contribution is -2.44. The van der Waals surface area contributed by atoms with Gasteiger partial charge in [-0.05, 0) is 38.8 Å². The van der Waals surface area contributed by atoms with Gasteiger partial charge >= 0.3 is 6.03 Å². The molecule has 1 atom stereocenters. The van der Waals surface area contributed by atoms with Gasteiger partial charge in [0, 0.05) is 44.0 Å². The first-order chi connectivity index (χ1) is 10.8. The zero-order valence-electron chi connectivity index (χ0n) is 13.1. The van der Waals surface area contributed by atoms with Crippen molar-refractivity contribution < 1.29 is 4.79 Å². The number of carbonyl (C=O) groups is 1. The first-order valence-corrected chi connectivity index (χ1v) is 8.56. The molecule has 6 nitrogen and oxygen atoms in total. The van der Waals surface area contributed by atoms with Crippen LogP contribution in [0.15, 0.2) is 12.4 Å². The quantitative estimate of drug-likeness (QED) is 0.915. The molecule has 0 radical (unpaired) electrons. The van der Waals surface area contributed by atoms with E-state index in [0.717, 1.165) is 38.3 Å². The summed E-state index contributed by atoms with van der Waals surface area (Å²) in [6.45, 7) is 5.94. The number of amides is 2. The van der Waals surface area contributed by atoms with E-state index in [2.05, 4.69) is 26.0 Å². The topological polar surface area (TPSA) is 53.4 Å². The van der Waals surface area contributed by atoms with Gasteiger partial charge in [-0.2, -0.15) is 0 Å². The molecule has 1 saturated carbocycles. The fourth-order valence-corrected chi connectivity index (χ4v) is 3.63. The number of hydrogen-bond donors (Lipinski definition) is 1. The summed E-state index contributed by atoms with van der Waals surface area (Å²) in [5.74, 6) is 1.49. The molecule has 0 spiro atoms. The number of rotatable bonds is 3. The van der Waals surface area contributed by atoms with Crippen molar-refractivity contribution >= 4 is 6.03 Å². The highest BCUT2D eigenvalue weighted by Gasteiger charge is 2.30. The summed E-state index contributed by atoms with van der Waals surface area (Å²) >= 11 is 0. The molecule has 1 unspecified atom stereocenters. The molecule has 3 heterocycles. The molecule has 3 aliphatic rings. The minimum Gasteiger partial charge on any atom is -0.335 e. The number of nitrogens with zero attached hydrogens (tertiary/aromatic N) is 4. The van der Waals surface area contributed by atoms with Gasteiger partial charge in [-0.3, -0.25) is 0 Å². The number of aromatic nitrogens is 2. The van der Waals surface area contributed by atoms with E-state index in [1.807, 2.05) is 11.1 Å². The molecule has 2 aliphatic heterocycles. The van der Waals surface area contributed by atoms with Crippen LogP contribution in [-0.4, -0.2) is 57.6 Å². The minimum atomic E-state index is 0.0883. The van der Waals surface area contributed by atoms with Crippen molar-refractivity contribution in [2.45, 2.75) is 44.8 Å². The largest absolute Gasteiger partial charge is 0.335 e. The van der Waals surface area contributed by atoms with Crippen molar-refractivity contribution in [1.82, 2.24) is 24.7 Å². The lowest BCUT2D eigenvalue weighted by Gasteiger charge is -2.27. The monoisotopic (exact) mass is 303 g/mol. The van der Waals surface area contributed by atoms with Crippen LogP contribution < -0.4 is 5.32 Å². The Bertz CT molecular complexity index is 532. The Balaban J connectivity index is 1.47. The highest BCUT2D eigenvalue weighted by atomic mass is 16.2. The van der Waals surface area contributed by atoms with Gasteiger partial charge in [0.1, 0.15) is 5.82 Å². The van der Waals surface area contributed by atoms with Crippen LogP contribution >= 0.6 is 0 Å². The Labute approximate surface area is 131 Å². The van der Waals surface area contributed by atoms with Crippen molar-refractivity contribution in [2.75, 3.05) is 26.2 Å². The van der Waals surface area contributed by atoms with Gasteiger partial charge in [0.25, 0.3) is 0 Å². The summed E-state index contributed by atoms with van der Waals surface area (Å²) < 4.78 is 2.23. The molecule has 1 N–H and O–H groups in total. The summed E-state index contributed by atoms with van der Waals surface area (Å²) in [6.07, 6.45) is 8.79. The molecule has 6 heteroatoms. The second kappa shape index (κ2) is 5.91. The van der Waals surface area contributed by atoms with E-state index in [1.54, 1.807) is 0 Å². The second-order valence-electron chi connectivity index (χ2n) is 6.97. The van der Waals surface area contributed by atoms with E-state index in [9.17, 15) is 4.79 Å². The van der Waals surface area contributed by atoms with E-state index in [0.29, 0.717) is 18.5 Å². The van der Waals surface area contributed by atoms with Gasteiger partial charge in [0.15, 0.2) is 0 Å². The first-order valence-electron chi connectivity index (χ1n) is 8.56. The molecule has 0 bridgehead atoms. The predicted molar refractivity (Wildman–Crippen MR) is 83.4 cm³/mol. The number of fused-ring (bicyclic) bond motifs is 1. The van der Waals surface area contributed by atoms with Crippen molar-refractivity contribution in [3.8, 4) is 0 Å². The third-order valence-corrected chi connectivity index (χ3v) is 4.97. The molecule has 0 aromatic carbocycles. The Hall–Kier alpha value is -1.56. The van der Waals surface area contributed by atoms with Crippen LogP contribution in [0.2, 0.25) is 0 Å². The van der Waals surface area contributed by atoms with Crippen molar-refractivity contribution in [1.29, 1.82) is 0 Å². The van der Waals surface area contributed by atoms with Crippen molar-refractivity contribution in [2.24, 2.45) is 5.92 Å². The predicted octanol–water partition coefficient (Wildman–Crippen LogP) is 1.28. The molecule has 2 fully saturated rings. The van der Waals surface area contributed by atoms with Crippen molar-refractivity contribution in [3.05, 3.63) is 18.2 Å². The van der Waals surface area contributed by atoms with Crippen LogP contribution in [-0.2, 0) is 13.1 Å². The lowest BCUT2D eigenvalue weighted by molar-refractivity contribution is 0.173. The van der Waals surface area contributed by atoms with Crippen LogP contribution in [0.5, 0.6) is 0 Å². The van der Waals surface area contributed by atoms with Gasteiger partial charge < -0.3 is 19.7 Å². The number of nitrogens with one attached hydrogen (secondary N) is 1. The molecule has 1 saturated heterocycles. The molecule has 1 aliphatic carbocycles. The zero-order chi connectivity index (χ0) is 14.9. The maximum absolute atomic E-state index is 12.5. The Morgan fingerprint density at radius 1 is 1.27 bits per heavy atom. The van der Waals surface area contributed by atoms with Gasteiger partial charge in [-0.25, -0.2) is 9.78 Å². The number of likely N-dealkylation sites (tertiary alicyclic amines) is 1. The SMILES string of the molecule is O=C(NC1CC1)N1Cc2nccn2CC(CN2CCCC2)C1. The van der Waals surface area contributed by atoms with Crippen LogP contribution in [0.4, 0.5) is 4.79 Å².